The number of nitrogens with one attached hydrogen (secondary N) is 1. The fraction of sp³-hybridized carbons (Fsp3) is 0.333. The Morgan fingerprint density at radius 1 is 1.05 bits per heavy atom. The lowest BCUT2D eigenvalue weighted by Crippen LogP contribution is -2.07. The molecule has 0 radical (unpaired) electrons. The first-order chi connectivity index (χ1) is 9.63. The molecule has 0 saturated carbocycles. The third-order valence-electron chi connectivity index (χ3n) is 4.16. The van der Waals surface area contributed by atoms with E-state index in [0.717, 1.165) is 4.47 Å². The molecule has 0 aromatic heterocycles. The number of hydrogen-bond donors (Lipinski definition) is 1. The predicted octanol–water partition coefficient (Wildman–Crippen LogP) is 5.42. The van der Waals surface area contributed by atoms with Gasteiger partial charge in [0.05, 0.1) is 0 Å². The monoisotopic (exact) mass is 329 g/mol. The molecule has 0 aliphatic heterocycles. The van der Waals surface area contributed by atoms with Crippen LogP contribution >= 0.6 is 15.9 Å². The molecule has 0 heterocycles. The van der Waals surface area contributed by atoms with E-state index in [0.29, 0.717) is 6.04 Å². The van der Waals surface area contributed by atoms with Gasteiger partial charge in [-0.2, -0.15) is 0 Å². The van der Waals surface area contributed by atoms with Crippen LogP contribution in [-0.2, 0) is 12.8 Å². The molecule has 2 heteroatoms. The number of fused-ring (bicyclic) bond motifs is 1. The molecule has 3 rings (SSSR count). The maximum Gasteiger partial charge on any atom is 0.0485 e. The quantitative estimate of drug-likeness (QED) is 0.792. The molecule has 104 valence electrons. The number of aryl methyl sites for hydroxylation is 3. The molecule has 1 aliphatic rings. The van der Waals surface area contributed by atoms with Crippen LogP contribution in [0.1, 0.15) is 41.6 Å². The summed E-state index contributed by atoms with van der Waals surface area (Å²) < 4.78 is 1.16. The number of rotatable bonds is 3. The normalized spacial score (nSPS) is 14.9. The lowest BCUT2D eigenvalue weighted by atomic mass is 10.0. The summed E-state index contributed by atoms with van der Waals surface area (Å²) in [4.78, 5) is 0. The van der Waals surface area contributed by atoms with Crippen LogP contribution in [0.15, 0.2) is 40.9 Å². The summed E-state index contributed by atoms with van der Waals surface area (Å²) in [6.07, 6.45) is 3.81. The Morgan fingerprint density at radius 2 is 1.85 bits per heavy atom. The van der Waals surface area contributed by atoms with E-state index in [9.17, 15) is 0 Å². The summed E-state index contributed by atoms with van der Waals surface area (Å²) in [5.41, 5.74) is 6.91. The van der Waals surface area contributed by atoms with Gasteiger partial charge in [-0.05, 0) is 73.6 Å². The van der Waals surface area contributed by atoms with Gasteiger partial charge in [-0.25, -0.2) is 0 Å². The first-order valence-electron chi connectivity index (χ1n) is 7.28. The smallest absolute Gasteiger partial charge is 0.0485 e. The Hall–Kier alpha value is -1.28. The van der Waals surface area contributed by atoms with Crippen molar-refractivity contribution in [1.29, 1.82) is 0 Å². The van der Waals surface area contributed by atoms with Crippen LogP contribution in [0, 0.1) is 6.92 Å². The molecule has 0 saturated heterocycles. The van der Waals surface area contributed by atoms with Crippen molar-refractivity contribution in [2.75, 3.05) is 5.32 Å². The highest BCUT2D eigenvalue weighted by Gasteiger charge is 2.13. The van der Waals surface area contributed by atoms with E-state index in [4.69, 9.17) is 0 Å². The van der Waals surface area contributed by atoms with Gasteiger partial charge in [0.15, 0.2) is 0 Å². The molecule has 0 spiro atoms. The molecule has 1 aliphatic carbocycles. The Bertz CT molecular complexity index is 633. The van der Waals surface area contributed by atoms with Gasteiger partial charge < -0.3 is 5.32 Å². The van der Waals surface area contributed by atoms with Crippen molar-refractivity contribution < 1.29 is 0 Å². The minimum Gasteiger partial charge on any atom is -0.379 e. The average molecular weight is 330 g/mol. The largest absolute Gasteiger partial charge is 0.379 e. The molecular formula is C18H20BrN. The first kappa shape index (κ1) is 13.7. The zero-order valence-corrected chi connectivity index (χ0v) is 13.6. The molecule has 1 nitrogen and oxygen atoms in total. The highest BCUT2D eigenvalue weighted by molar-refractivity contribution is 9.10. The maximum absolute atomic E-state index is 3.60. The van der Waals surface area contributed by atoms with Crippen molar-refractivity contribution >= 4 is 21.6 Å². The van der Waals surface area contributed by atoms with Crippen molar-refractivity contribution in [3.63, 3.8) is 0 Å². The summed E-state index contributed by atoms with van der Waals surface area (Å²) in [5.74, 6) is 0. The van der Waals surface area contributed by atoms with Crippen LogP contribution in [0.25, 0.3) is 0 Å². The fourth-order valence-corrected chi connectivity index (χ4v) is 3.18. The van der Waals surface area contributed by atoms with Crippen LogP contribution in [0.5, 0.6) is 0 Å². The van der Waals surface area contributed by atoms with E-state index in [2.05, 4.69) is 71.5 Å². The van der Waals surface area contributed by atoms with E-state index in [1.54, 1.807) is 11.1 Å². The topological polar surface area (TPSA) is 12.0 Å². The van der Waals surface area contributed by atoms with Crippen LogP contribution in [0.4, 0.5) is 5.69 Å². The van der Waals surface area contributed by atoms with Crippen molar-refractivity contribution in [3.05, 3.63) is 63.1 Å². The zero-order chi connectivity index (χ0) is 14.1. The molecule has 0 bridgehead atoms. The Balaban J connectivity index is 1.78. The SMILES string of the molecule is Cc1cc(NC(C)c2ccc3c(c2)CCC3)ccc1Br. The lowest BCUT2D eigenvalue weighted by Gasteiger charge is -2.17. The van der Waals surface area contributed by atoms with Gasteiger partial charge in [0.25, 0.3) is 0 Å². The molecule has 20 heavy (non-hydrogen) atoms. The summed E-state index contributed by atoms with van der Waals surface area (Å²) >= 11 is 3.55. The van der Waals surface area contributed by atoms with E-state index in [-0.39, 0.29) is 0 Å². The number of anilines is 1. The van der Waals surface area contributed by atoms with Crippen LogP contribution in [0.3, 0.4) is 0 Å². The highest BCUT2D eigenvalue weighted by Crippen LogP contribution is 2.28. The zero-order valence-electron chi connectivity index (χ0n) is 12.0. The Kier molecular flexibility index (Phi) is 3.84. The standard InChI is InChI=1S/C18H20BrN/c1-12-10-17(8-9-18(12)19)20-13(2)15-7-6-14-4-3-5-16(14)11-15/h6-11,13,20H,3-5H2,1-2H3. The van der Waals surface area contributed by atoms with Gasteiger partial charge in [0.2, 0.25) is 0 Å². The lowest BCUT2D eigenvalue weighted by molar-refractivity contribution is 0.879. The second-order valence-electron chi connectivity index (χ2n) is 5.71. The van der Waals surface area contributed by atoms with Crippen molar-refractivity contribution in [3.8, 4) is 0 Å². The number of hydrogen-bond acceptors (Lipinski definition) is 1. The summed E-state index contributed by atoms with van der Waals surface area (Å²) in [6, 6.07) is 13.7. The summed E-state index contributed by atoms with van der Waals surface area (Å²) in [7, 11) is 0. The predicted molar refractivity (Wildman–Crippen MR) is 89.4 cm³/mol. The molecule has 2 aromatic rings. The fourth-order valence-electron chi connectivity index (χ4n) is 2.93. The van der Waals surface area contributed by atoms with Crippen molar-refractivity contribution in [1.82, 2.24) is 0 Å². The Morgan fingerprint density at radius 3 is 2.65 bits per heavy atom. The number of halogens is 1. The molecule has 1 atom stereocenters. The molecule has 0 amide bonds. The third kappa shape index (κ3) is 2.76. The van der Waals surface area contributed by atoms with Gasteiger partial charge in [0, 0.05) is 16.2 Å². The minimum atomic E-state index is 0.335. The summed E-state index contributed by atoms with van der Waals surface area (Å²) in [6.45, 7) is 4.35. The average Bonchev–Trinajstić information content (AvgIpc) is 2.90. The van der Waals surface area contributed by atoms with Crippen LogP contribution in [-0.4, -0.2) is 0 Å². The molecular weight excluding hydrogens is 310 g/mol. The van der Waals surface area contributed by atoms with Gasteiger partial charge in [-0.3, -0.25) is 0 Å². The van der Waals surface area contributed by atoms with E-state index in [1.165, 1.54) is 36.1 Å². The van der Waals surface area contributed by atoms with E-state index >= 15 is 0 Å². The highest BCUT2D eigenvalue weighted by atomic mass is 79.9. The number of benzene rings is 2. The first-order valence-corrected chi connectivity index (χ1v) is 8.07. The summed E-state index contributed by atoms with van der Waals surface area (Å²) in [5, 5.41) is 3.60. The Labute approximate surface area is 129 Å². The van der Waals surface area contributed by atoms with Gasteiger partial charge in [-0.1, -0.05) is 34.1 Å². The van der Waals surface area contributed by atoms with Gasteiger partial charge >= 0.3 is 0 Å². The van der Waals surface area contributed by atoms with Crippen LogP contribution in [0.2, 0.25) is 0 Å². The van der Waals surface area contributed by atoms with E-state index in [1.807, 2.05) is 0 Å². The second kappa shape index (κ2) is 5.61. The molecule has 2 aromatic carbocycles. The van der Waals surface area contributed by atoms with E-state index < -0.39 is 0 Å². The molecule has 1 unspecified atom stereocenters. The van der Waals surface area contributed by atoms with Crippen molar-refractivity contribution in [2.45, 2.75) is 39.2 Å². The molecule has 1 N–H and O–H groups in total. The minimum absolute atomic E-state index is 0.335. The maximum atomic E-state index is 3.60. The second-order valence-corrected chi connectivity index (χ2v) is 6.57. The van der Waals surface area contributed by atoms with Crippen molar-refractivity contribution in [2.24, 2.45) is 0 Å². The molecule has 0 fully saturated rings. The van der Waals surface area contributed by atoms with Gasteiger partial charge in [-0.15, -0.1) is 0 Å². The van der Waals surface area contributed by atoms with Crippen LogP contribution < -0.4 is 5.32 Å². The van der Waals surface area contributed by atoms with Gasteiger partial charge in [0.1, 0.15) is 0 Å². The third-order valence-corrected chi connectivity index (χ3v) is 5.05.